The molecule has 4 nitrogen and oxygen atoms in total. The molecule has 2 saturated heterocycles. The number of carbonyl (C=O) groups excluding carboxylic acids is 1. The minimum atomic E-state index is 0.180. The number of nitrogens with zero attached hydrogens (tertiary/aromatic N) is 2. The molecule has 0 atom stereocenters. The predicted molar refractivity (Wildman–Crippen MR) is 142 cm³/mol. The molecule has 0 unspecified atom stereocenters. The van der Waals surface area contributed by atoms with Gasteiger partial charge in [-0.25, -0.2) is 0 Å². The molecule has 184 valence electrons. The first kappa shape index (κ1) is 22.8. The Morgan fingerprint density at radius 1 is 0.857 bits per heavy atom. The first-order chi connectivity index (χ1) is 17.2. The van der Waals surface area contributed by atoms with Crippen LogP contribution >= 0.6 is 0 Å². The van der Waals surface area contributed by atoms with Crippen molar-refractivity contribution in [3.05, 3.63) is 71.4 Å². The predicted octanol–water partition coefficient (Wildman–Crippen LogP) is 6.27. The Hall–Kier alpha value is -2.59. The zero-order chi connectivity index (χ0) is 23.6. The summed E-state index contributed by atoms with van der Waals surface area (Å²) >= 11 is 0. The molecule has 1 aliphatic carbocycles. The summed E-state index contributed by atoms with van der Waals surface area (Å²) in [6.07, 6.45) is 12.6. The van der Waals surface area contributed by atoms with Gasteiger partial charge in [-0.1, -0.05) is 55.7 Å². The second-order valence-corrected chi connectivity index (χ2v) is 11.3. The van der Waals surface area contributed by atoms with Gasteiger partial charge >= 0.3 is 0 Å². The van der Waals surface area contributed by atoms with Gasteiger partial charge in [-0.3, -0.25) is 9.69 Å². The quantitative estimate of drug-likeness (QED) is 0.462. The second kappa shape index (κ2) is 10.2. The smallest absolute Gasteiger partial charge is 0.253 e. The van der Waals surface area contributed by atoms with Crippen LogP contribution < -0.4 is 0 Å². The molecule has 2 aliphatic heterocycles. The number of benzene rings is 2. The van der Waals surface area contributed by atoms with Crippen LogP contribution in [-0.4, -0.2) is 46.9 Å². The van der Waals surface area contributed by atoms with E-state index in [0.717, 1.165) is 61.8 Å². The van der Waals surface area contributed by atoms with Gasteiger partial charge in [-0.2, -0.15) is 0 Å². The average Bonchev–Trinajstić information content (AvgIpc) is 3.27. The van der Waals surface area contributed by atoms with Gasteiger partial charge in [0.25, 0.3) is 5.91 Å². The Labute approximate surface area is 209 Å². The molecule has 1 N–H and O–H groups in total. The van der Waals surface area contributed by atoms with Crippen molar-refractivity contribution in [2.45, 2.75) is 57.9 Å². The van der Waals surface area contributed by atoms with Crippen molar-refractivity contribution in [3.8, 4) is 0 Å². The van der Waals surface area contributed by atoms with E-state index in [1.54, 1.807) is 0 Å². The van der Waals surface area contributed by atoms with Crippen LogP contribution in [0.5, 0.6) is 0 Å². The molecule has 0 bridgehead atoms. The highest BCUT2D eigenvalue weighted by atomic mass is 16.2. The average molecular weight is 470 g/mol. The molecule has 2 aromatic carbocycles. The maximum Gasteiger partial charge on any atom is 0.253 e. The monoisotopic (exact) mass is 469 g/mol. The van der Waals surface area contributed by atoms with Crippen LogP contribution in [0.2, 0.25) is 0 Å². The largest absolute Gasteiger partial charge is 0.361 e. The van der Waals surface area contributed by atoms with E-state index in [0.29, 0.717) is 5.92 Å². The van der Waals surface area contributed by atoms with Crippen molar-refractivity contribution in [2.75, 3.05) is 26.2 Å². The zero-order valence-corrected chi connectivity index (χ0v) is 20.9. The molecule has 3 fully saturated rings. The summed E-state index contributed by atoms with van der Waals surface area (Å²) in [6, 6.07) is 17.0. The second-order valence-electron chi connectivity index (χ2n) is 11.3. The minimum Gasteiger partial charge on any atom is -0.361 e. The van der Waals surface area contributed by atoms with Crippen molar-refractivity contribution in [1.29, 1.82) is 0 Å². The van der Waals surface area contributed by atoms with Gasteiger partial charge < -0.3 is 9.88 Å². The first-order valence-corrected chi connectivity index (χ1v) is 13.9. The SMILES string of the molecule is O=C(c1ccc2c(CN3CCC(C4CCC4)CC3)c[nH]c2c1)N1CCC(Cc2ccccc2)CC1. The third-order valence-electron chi connectivity index (χ3n) is 9.13. The number of hydrogen-bond donors (Lipinski definition) is 1. The lowest BCUT2D eigenvalue weighted by atomic mass is 9.72. The lowest BCUT2D eigenvalue weighted by molar-refractivity contribution is 0.0690. The topological polar surface area (TPSA) is 39.3 Å². The van der Waals surface area contributed by atoms with Gasteiger partial charge in [0.2, 0.25) is 0 Å². The van der Waals surface area contributed by atoms with Gasteiger partial charge in [0.05, 0.1) is 0 Å². The maximum absolute atomic E-state index is 13.3. The molecule has 35 heavy (non-hydrogen) atoms. The van der Waals surface area contributed by atoms with Crippen molar-refractivity contribution in [3.63, 3.8) is 0 Å². The van der Waals surface area contributed by atoms with Crippen molar-refractivity contribution in [1.82, 2.24) is 14.8 Å². The van der Waals surface area contributed by atoms with Crippen molar-refractivity contribution in [2.24, 2.45) is 17.8 Å². The first-order valence-electron chi connectivity index (χ1n) is 13.9. The van der Waals surface area contributed by atoms with E-state index >= 15 is 0 Å². The van der Waals surface area contributed by atoms with Crippen LogP contribution in [0.1, 0.15) is 66.4 Å². The number of piperidine rings is 2. The van der Waals surface area contributed by atoms with Crippen molar-refractivity contribution < 1.29 is 4.79 Å². The Kier molecular flexibility index (Phi) is 6.65. The minimum absolute atomic E-state index is 0.180. The molecule has 0 spiro atoms. The highest BCUT2D eigenvalue weighted by Crippen LogP contribution is 2.39. The number of carbonyl (C=O) groups is 1. The summed E-state index contributed by atoms with van der Waals surface area (Å²) in [4.78, 5) is 21.4. The molecule has 4 heteroatoms. The van der Waals surface area contributed by atoms with Gasteiger partial charge in [0.1, 0.15) is 0 Å². The lowest BCUT2D eigenvalue weighted by Crippen LogP contribution is -2.38. The number of amides is 1. The molecule has 3 aromatic rings. The highest BCUT2D eigenvalue weighted by molar-refractivity contribution is 5.98. The number of aromatic nitrogens is 1. The number of fused-ring (bicyclic) bond motifs is 1. The van der Waals surface area contributed by atoms with Gasteiger partial charge in [-0.15, -0.1) is 0 Å². The summed E-state index contributed by atoms with van der Waals surface area (Å²) in [5.74, 6) is 2.85. The number of hydrogen-bond acceptors (Lipinski definition) is 2. The van der Waals surface area contributed by atoms with E-state index in [1.165, 1.54) is 61.7 Å². The zero-order valence-electron chi connectivity index (χ0n) is 20.9. The number of likely N-dealkylation sites (tertiary alicyclic amines) is 2. The molecule has 1 aromatic heterocycles. The van der Waals surface area contributed by atoms with Crippen LogP contribution in [0, 0.1) is 17.8 Å². The van der Waals surface area contributed by atoms with Crippen LogP contribution in [0.3, 0.4) is 0 Å². The number of aromatic amines is 1. The fraction of sp³-hybridized carbons (Fsp3) is 0.516. The molecule has 0 radical (unpaired) electrons. The molecule has 1 saturated carbocycles. The lowest BCUT2D eigenvalue weighted by Gasteiger charge is -2.39. The molecule has 3 heterocycles. The number of nitrogens with one attached hydrogen (secondary N) is 1. The van der Waals surface area contributed by atoms with Gasteiger partial charge in [0, 0.05) is 42.3 Å². The fourth-order valence-corrected chi connectivity index (χ4v) is 6.65. The molecule has 3 aliphatic rings. The third-order valence-corrected chi connectivity index (χ3v) is 9.13. The summed E-state index contributed by atoms with van der Waals surface area (Å²) < 4.78 is 0. The molecular weight excluding hydrogens is 430 g/mol. The number of H-pyrrole nitrogens is 1. The Morgan fingerprint density at radius 3 is 2.31 bits per heavy atom. The van der Waals surface area contributed by atoms with E-state index in [-0.39, 0.29) is 5.91 Å². The summed E-state index contributed by atoms with van der Waals surface area (Å²) in [6.45, 7) is 5.19. The third kappa shape index (κ3) is 5.04. The van der Waals surface area contributed by atoms with Gasteiger partial charge in [-0.05, 0) is 86.2 Å². The Morgan fingerprint density at radius 2 is 1.60 bits per heavy atom. The van der Waals surface area contributed by atoms with E-state index in [9.17, 15) is 4.79 Å². The summed E-state index contributed by atoms with van der Waals surface area (Å²) in [5, 5.41) is 1.27. The van der Waals surface area contributed by atoms with Crippen LogP contribution in [-0.2, 0) is 13.0 Å². The number of rotatable bonds is 6. The van der Waals surface area contributed by atoms with E-state index in [4.69, 9.17) is 0 Å². The molecule has 6 rings (SSSR count). The van der Waals surface area contributed by atoms with E-state index in [2.05, 4.69) is 63.4 Å². The maximum atomic E-state index is 13.3. The van der Waals surface area contributed by atoms with Gasteiger partial charge in [0.15, 0.2) is 0 Å². The van der Waals surface area contributed by atoms with E-state index < -0.39 is 0 Å². The van der Waals surface area contributed by atoms with Crippen LogP contribution in [0.4, 0.5) is 0 Å². The fourth-order valence-electron chi connectivity index (χ4n) is 6.65. The summed E-state index contributed by atoms with van der Waals surface area (Å²) in [7, 11) is 0. The van der Waals surface area contributed by atoms with E-state index in [1.807, 2.05) is 6.07 Å². The summed E-state index contributed by atoms with van der Waals surface area (Å²) in [5.41, 5.74) is 4.68. The van der Waals surface area contributed by atoms with Crippen molar-refractivity contribution >= 4 is 16.8 Å². The Balaban J connectivity index is 1.04. The normalized spacial score (nSPS) is 20.9. The standard InChI is InChI=1S/C31H39N3O/c35-31(34-17-11-24(12-18-34)19-23-5-2-1-3-6-23)27-9-10-29-28(21-32-30(29)20-27)22-33-15-13-26(14-16-33)25-7-4-8-25/h1-3,5-6,9-10,20-21,24-26,32H,4,7-8,11-19,22H2. The highest BCUT2D eigenvalue weighted by Gasteiger charge is 2.30. The molecular formula is C31H39N3O. The van der Waals surface area contributed by atoms with Crippen LogP contribution in [0.15, 0.2) is 54.7 Å². The van der Waals surface area contributed by atoms with Crippen LogP contribution in [0.25, 0.3) is 10.9 Å². The Bertz CT molecular complexity index is 1130. The molecule has 1 amide bonds.